The first kappa shape index (κ1) is 18.2. The molecule has 0 spiro atoms. The molecule has 0 radical (unpaired) electrons. The monoisotopic (exact) mass is 334 g/mol. The lowest BCUT2D eigenvalue weighted by atomic mass is 10.0. The third-order valence-corrected chi connectivity index (χ3v) is 4.08. The van der Waals surface area contributed by atoms with Gasteiger partial charge in [-0.2, -0.15) is 5.10 Å². The number of carbonyl (C=O) groups excluding carboxylic acids is 2. The minimum Gasteiger partial charge on any atom is -0.361 e. The summed E-state index contributed by atoms with van der Waals surface area (Å²) in [4.78, 5) is 24.7. The van der Waals surface area contributed by atoms with Crippen LogP contribution in [0.5, 0.6) is 0 Å². The summed E-state index contributed by atoms with van der Waals surface area (Å²) in [7, 11) is 0. The standard InChI is InChI=1S/C17H26N4O3/c1-10(2)9-21-17(23)15(12(4)19-21)16(22)18-8-6-7-14-11(3)20-24-13(14)5/h10,15H,6-9H2,1-5H3,(H,18,22). The SMILES string of the molecule is CC1=NN(CC(C)C)C(=O)C1C(=O)NCCCc1c(C)noc1C. The summed E-state index contributed by atoms with van der Waals surface area (Å²) in [6.45, 7) is 10.6. The number of hydrazone groups is 1. The summed E-state index contributed by atoms with van der Waals surface area (Å²) in [5, 5.41) is 12.4. The van der Waals surface area contributed by atoms with Crippen LogP contribution in [0.25, 0.3) is 0 Å². The Hall–Kier alpha value is -2.18. The van der Waals surface area contributed by atoms with Gasteiger partial charge in [-0.05, 0) is 39.5 Å². The number of carbonyl (C=O) groups is 2. The van der Waals surface area contributed by atoms with Crippen molar-refractivity contribution in [3.8, 4) is 0 Å². The molecule has 1 atom stereocenters. The fourth-order valence-corrected chi connectivity index (χ4v) is 2.84. The van der Waals surface area contributed by atoms with Gasteiger partial charge in [-0.1, -0.05) is 19.0 Å². The molecule has 2 amide bonds. The van der Waals surface area contributed by atoms with E-state index in [9.17, 15) is 9.59 Å². The highest BCUT2D eigenvalue weighted by atomic mass is 16.5. The van der Waals surface area contributed by atoms with Crippen LogP contribution in [0.2, 0.25) is 0 Å². The molecular formula is C17H26N4O3. The van der Waals surface area contributed by atoms with Gasteiger partial charge in [0.1, 0.15) is 5.76 Å². The number of amides is 2. The Morgan fingerprint density at radius 3 is 2.62 bits per heavy atom. The second-order valence-corrected chi connectivity index (χ2v) is 6.69. The van der Waals surface area contributed by atoms with Crippen molar-refractivity contribution in [3.05, 3.63) is 17.0 Å². The summed E-state index contributed by atoms with van der Waals surface area (Å²) in [5.74, 6) is -0.169. The molecule has 1 unspecified atom stereocenters. The predicted octanol–water partition coefficient (Wildman–Crippen LogP) is 1.83. The van der Waals surface area contributed by atoms with Crippen LogP contribution >= 0.6 is 0 Å². The second-order valence-electron chi connectivity index (χ2n) is 6.69. The normalized spacial score (nSPS) is 17.6. The number of hydrogen-bond acceptors (Lipinski definition) is 5. The molecule has 0 saturated heterocycles. The summed E-state index contributed by atoms with van der Waals surface area (Å²) in [6.07, 6.45) is 1.55. The maximum Gasteiger partial charge on any atom is 0.261 e. The number of aromatic nitrogens is 1. The molecule has 1 aromatic heterocycles. The van der Waals surface area contributed by atoms with Gasteiger partial charge in [0.15, 0.2) is 5.92 Å². The zero-order chi connectivity index (χ0) is 17.9. The molecule has 7 heteroatoms. The van der Waals surface area contributed by atoms with Crippen LogP contribution in [0.3, 0.4) is 0 Å². The Balaban J connectivity index is 1.83. The molecule has 0 aliphatic carbocycles. The summed E-state index contributed by atoms with van der Waals surface area (Å²) in [5.41, 5.74) is 2.53. The predicted molar refractivity (Wildman–Crippen MR) is 90.5 cm³/mol. The zero-order valence-corrected chi connectivity index (χ0v) is 15.0. The Morgan fingerprint density at radius 1 is 1.33 bits per heavy atom. The first-order valence-electron chi connectivity index (χ1n) is 8.37. The smallest absolute Gasteiger partial charge is 0.261 e. The van der Waals surface area contributed by atoms with E-state index in [1.807, 2.05) is 27.7 Å². The van der Waals surface area contributed by atoms with E-state index in [0.717, 1.165) is 29.9 Å². The van der Waals surface area contributed by atoms with Gasteiger partial charge in [0.25, 0.3) is 5.91 Å². The largest absolute Gasteiger partial charge is 0.361 e. The molecule has 1 aliphatic rings. The van der Waals surface area contributed by atoms with E-state index in [-0.39, 0.29) is 11.8 Å². The van der Waals surface area contributed by atoms with E-state index in [2.05, 4.69) is 15.6 Å². The Labute approximate surface area is 142 Å². The Bertz CT molecular complexity index is 629. The molecule has 0 saturated carbocycles. The van der Waals surface area contributed by atoms with Gasteiger partial charge in [-0.25, -0.2) is 5.01 Å². The quantitative estimate of drug-likeness (QED) is 0.609. The van der Waals surface area contributed by atoms with Crippen LogP contribution < -0.4 is 5.32 Å². The molecule has 0 fully saturated rings. The van der Waals surface area contributed by atoms with Crippen molar-refractivity contribution in [1.29, 1.82) is 0 Å². The van der Waals surface area contributed by atoms with E-state index in [0.29, 0.717) is 24.7 Å². The molecule has 0 aromatic carbocycles. The molecule has 2 heterocycles. The van der Waals surface area contributed by atoms with Crippen molar-refractivity contribution in [2.24, 2.45) is 16.9 Å². The van der Waals surface area contributed by atoms with Gasteiger partial charge >= 0.3 is 0 Å². The number of hydrogen-bond donors (Lipinski definition) is 1. The number of rotatable bonds is 7. The maximum atomic E-state index is 12.3. The average molecular weight is 334 g/mol. The summed E-state index contributed by atoms with van der Waals surface area (Å²) >= 11 is 0. The number of nitrogens with one attached hydrogen (secondary N) is 1. The summed E-state index contributed by atoms with van der Waals surface area (Å²) < 4.78 is 5.12. The van der Waals surface area contributed by atoms with Gasteiger partial charge in [0.2, 0.25) is 5.91 Å². The lowest BCUT2D eigenvalue weighted by Gasteiger charge is -2.16. The summed E-state index contributed by atoms with van der Waals surface area (Å²) in [6, 6.07) is 0. The van der Waals surface area contributed by atoms with Crippen molar-refractivity contribution >= 4 is 17.5 Å². The fourth-order valence-electron chi connectivity index (χ4n) is 2.84. The minimum absolute atomic E-state index is 0.232. The minimum atomic E-state index is -0.789. The Morgan fingerprint density at radius 2 is 2.04 bits per heavy atom. The second kappa shape index (κ2) is 7.59. The van der Waals surface area contributed by atoms with Crippen LogP contribution in [0.1, 0.15) is 44.2 Å². The lowest BCUT2D eigenvalue weighted by Crippen LogP contribution is -2.41. The molecule has 24 heavy (non-hydrogen) atoms. The highest BCUT2D eigenvalue weighted by molar-refractivity contribution is 6.21. The molecule has 1 aliphatic heterocycles. The highest BCUT2D eigenvalue weighted by Crippen LogP contribution is 2.18. The van der Waals surface area contributed by atoms with E-state index < -0.39 is 5.92 Å². The van der Waals surface area contributed by atoms with E-state index in [1.54, 1.807) is 6.92 Å². The van der Waals surface area contributed by atoms with Crippen molar-refractivity contribution in [2.75, 3.05) is 13.1 Å². The molecule has 1 aromatic rings. The lowest BCUT2D eigenvalue weighted by molar-refractivity contribution is -0.137. The van der Waals surface area contributed by atoms with Crippen molar-refractivity contribution in [2.45, 2.75) is 47.5 Å². The number of aryl methyl sites for hydroxylation is 2. The molecule has 0 bridgehead atoms. The van der Waals surface area contributed by atoms with E-state index in [1.165, 1.54) is 5.01 Å². The molecular weight excluding hydrogens is 308 g/mol. The van der Waals surface area contributed by atoms with Crippen molar-refractivity contribution < 1.29 is 14.1 Å². The van der Waals surface area contributed by atoms with Crippen LogP contribution in [0.15, 0.2) is 9.62 Å². The first-order chi connectivity index (χ1) is 11.3. The first-order valence-corrected chi connectivity index (χ1v) is 8.37. The average Bonchev–Trinajstić information content (AvgIpc) is 2.95. The fraction of sp³-hybridized carbons (Fsp3) is 0.647. The van der Waals surface area contributed by atoms with Crippen LogP contribution in [0, 0.1) is 25.7 Å². The van der Waals surface area contributed by atoms with Gasteiger partial charge in [0, 0.05) is 18.7 Å². The van der Waals surface area contributed by atoms with E-state index in [4.69, 9.17) is 4.52 Å². The van der Waals surface area contributed by atoms with Crippen LogP contribution in [-0.4, -0.2) is 40.8 Å². The van der Waals surface area contributed by atoms with E-state index >= 15 is 0 Å². The van der Waals surface area contributed by atoms with Gasteiger partial charge in [-0.3, -0.25) is 9.59 Å². The molecule has 132 valence electrons. The Kier molecular flexibility index (Phi) is 5.75. The zero-order valence-electron chi connectivity index (χ0n) is 15.0. The number of nitrogens with zero attached hydrogens (tertiary/aromatic N) is 3. The topological polar surface area (TPSA) is 87.8 Å². The maximum absolute atomic E-state index is 12.3. The molecule has 2 rings (SSSR count). The third-order valence-electron chi connectivity index (χ3n) is 4.08. The van der Waals surface area contributed by atoms with Gasteiger partial charge in [0.05, 0.1) is 11.4 Å². The molecule has 1 N–H and O–H groups in total. The van der Waals surface area contributed by atoms with Gasteiger partial charge < -0.3 is 9.84 Å². The van der Waals surface area contributed by atoms with Crippen molar-refractivity contribution in [3.63, 3.8) is 0 Å². The highest BCUT2D eigenvalue weighted by Gasteiger charge is 2.38. The van der Waals surface area contributed by atoms with Crippen LogP contribution in [0.4, 0.5) is 0 Å². The third kappa shape index (κ3) is 4.01. The van der Waals surface area contributed by atoms with Crippen molar-refractivity contribution in [1.82, 2.24) is 15.5 Å². The van der Waals surface area contributed by atoms with Gasteiger partial charge in [-0.15, -0.1) is 0 Å². The molecule has 7 nitrogen and oxygen atoms in total. The van der Waals surface area contributed by atoms with Crippen LogP contribution in [-0.2, 0) is 16.0 Å².